The van der Waals surface area contributed by atoms with Crippen molar-refractivity contribution in [2.75, 3.05) is 6.54 Å². The van der Waals surface area contributed by atoms with Gasteiger partial charge in [0.2, 0.25) is 0 Å². The lowest BCUT2D eigenvalue weighted by Crippen LogP contribution is -2.25. The Kier molecular flexibility index (Phi) is 5.24. The molecule has 1 N–H and O–H groups in total. The van der Waals surface area contributed by atoms with Gasteiger partial charge >= 0.3 is 0 Å². The molecule has 0 unspecified atom stereocenters. The normalized spacial score (nSPS) is 14.5. The number of nitrogens with zero attached hydrogens (tertiary/aromatic N) is 1. The van der Waals surface area contributed by atoms with Gasteiger partial charge in [0.25, 0.3) is 5.91 Å². The minimum atomic E-state index is 0.0187. The third kappa shape index (κ3) is 3.81. The summed E-state index contributed by atoms with van der Waals surface area (Å²) in [5.41, 5.74) is 4.31. The largest absolute Gasteiger partial charge is 0.467 e. The average Bonchev–Trinajstić information content (AvgIpc) is 3.19. The zero-order chi connectivity index (χ0) is 16.9. The predicted molar refractivity (Wildman–Crippen MR) is 95.2 cm³/mol. The first-order valence-corrected chi connectivity index (χ1v) is 8.80. The van der Waals surface area contributed by atoms with E-state index < -0.39 is 0 Å². The zero-order valence-corrected chi connectivity index (χ0v) is 14.6. The van der Waals surface area contributed by atoms with Crippen molar-refractivity contribution in [1.29, 1.82) is 0 Å². The van der Waals surface area contributed by atoms with E-state index in [0.29, 0.717) is 13.1 Å². The molecule has 24 heavy (non-hydrogen) atoms. The maximum Gasteiger partial charge on any atom is 0.253 e. The summed E-state index contributed by atoms with van der Waals surface area (Å²) in [5, 5.41) is 3.07. The Bertz CT molecular complexity index is 723. The van der Waals surface area contributed by atoms with E-state index in [1.54, 1.807) is 6.26 Å². The summed E-state index contributed by atoms with van der Waals surface area (Å²) in [6, 6.07) is 5.81. The van der Waals surface area contributed by atoms with Crippen LogP contribution in [0.3, 0.4) is 0 Å². The summed E-state index contributed by atoms with van der Waals surface area (Å²) in [4.78, 5) is 12.5. The topological polar surface area (TPSA) is 47.2 Å². The Morgan fingerprint density at radius 2 is 2.21 bits per heavy atom. The molecule has 0 saturated carbocycles. The quantitative estimate of drug-likeness (QED) is 0.801. The van der Waals surface area contributed by atoms with E-state index in [0.717, 1.165) is 29.1 Å². The van der Waals surface area contributed by atoms with Crippen LogP contribution in [0.15, 0.2) is 40.5 Å². The van der Waals surface area contributed by atoms with Crippen LogP contribution in [-0.2, 0) is 6.54 Å². The summed E-state index contributed by atoms with van der Waals surface area (Å²) in [5.74, 6) is 0.915. The molecule has 2 aromatic rings. The first-order chi connectivity index (χ1) is 11.6. The smallest absolute Gasteiger partial charge is 0.253 e. The number of aryl methyl sites for hydroxylation is 1. The van der Waals surface area contributed by atoms with Crippen molar-refractivity contribution in [3.63, 3.8) is 0 Å². The maximum atomic E-state index is 12.5. The molecule has 0 aliphatic heterocycles. The Balaban J connectivity index is 1.61. The molecule has 4 nitrogen and oxygen atoms in total. The SMILES string of the molecule is Cc1cc(C(=O)NCCC2=CCCCC2)c(C)n1Cc1ccco1. The van der Waals surface area contributed by atoms with Gasteiger partial charge in [-0.25, -0.2) is 0 Å². The number of rotatable bonds is 6. The summed E-state index contributed by atoms with van der Waals surface area (Å²) < 4.78 is 7.54. The molecule has 0 spiro atoms. The van der Waals surface area contributed by atoms with Gasteiger partial charge in [-0.1, -0.05) is 11.6 Å². The molecule has 0 radical (unpaired) electrons. The molecule has 0 aromatic carbocycles. The molecule has 0 fully saturated rings. The fourth-order valence-electron chi connectivity index (χ4n) is 3.40. The van der Waals surface area contributed by atoms with E-state index in [1.807, 2.05) is 32.0 Å². The van der Waals surface area contributed by atoms with Crippen LogP contribution in [0.25, 0.3) is 0 Å². The Morgan fingerprint density at radius 3 is 2.92 bits per heavy atom. The van der Waals surface area contributed by atoms with Crippen molar-refractivity contribution in [1.82, 2.24) is 9.88 Å². The highest BCUT2D eigenvalue weighted by molar-refractivity contribution is 5.95. The first kappa shape index (κ1) is 16.6. The van der Waals surface area contributed by atoms with Gasteiger partial charge in [-0.15, -0.1) is 0 Å². The molecule has 0 bridgehead atoms. The van der Waals surface area contributed by atoms with Crippen LogP contribution in [0.2, 0.25) is 0 Å². The van der Waals surface area contributed by atoms with Crippen LogP contribution in [0.1, 0.15) is 59.6 Å². The van der Waals surface area contributed by atoms with E-state index in [1.165, 1.54) is 31.3 Å². The molecule has 1 amide bonds. The number of aromatic nitrogens is 1. The number of nitrogens with one attached hydrogen (secondary N) is 1. The van der Waals surface area contributed by atoms with E-state index in [9.17, 15) is 4.79 Å². The van der Waals surface area contributed by atoms with Crippen molar-refractivity contribution in [2.24, 2.45) is 0 Å². The van der Waals surface area contributed by atoms with E-state index in [4.69, 9.17) is 4.42 Å². The van der Waals surface area contributed by atoms with Gasteiger partial charge in [0.05, 0.1) is 18.4 Å². The molecule has 0 saturated heterocycles. The molecule has 2 heterocycles. The highest BCUT2D eigenvalue weighted by Crippen LogP contribution is 2.20. The number of hydrogen-bond acceptors (Lipinski definition) is 2. The van der Waals surface area contributed by atoms with Crippen LogP contribution in [0.5, 0.6) is 0 Å². The summed E-state index contributed by atoms with van der Waals surface area (Å²) >= 11 is 0. The van der Waals surface area contributed by atoms with Crippen molar-refractivity contribution in [3.8, 4) is 0 Å². The van der Waals surface area contributed by atoms with Crippen LogP contribution >= 0.6 is 0 Å². The Morgan fingerprint density at radius 1 is 1.33 bits per heavy atom. The van der Waals surface area contributed by atoms with Crippen LogP contribution in [-0.4, -0.2) is 17.0 Å². The minimum absolute atomic E-state index is 0.0187. The highest BCUT2D eigenvalue weighted by Gasteiger charge is 2.16. The van der Waals surface area contributed by atoms with E-state index >= 15 is 0 Å². The van der Waals surface area contributed by atoms with Crippen molar-refractivity contribution in [3.05, 3.63) is 58.8 Å². The fourth-order valence-corrected chi connectivity index (χ4v) is 3.40. The van der Waals surface area contributed by atoms with Gasteiger partial charge < -0.3 is 14.3 Å². The van der Waals surface area contributed by atoms with Gasteiger partial charge in [0, 0.05) is 17.9 Å². The molecular weight excluding hydrogens is 300 g/mol. The maximum absolute atomic E-state index is 12.5. The third-order valence-electron chi connectivity index (χ3n) is 4.83. The number of furan rings is 1. The predicted octanol–water partition coefficient (Wildman–Crippen LogP) is 4.37. The molecule has 1 aliphatic carbocycles. The van der Waals surface area contributed by atoms with Crippen LogP contribution < -0.4 is 5.32 Å². The van der Waals surface area contributed by atoms with Crippen LogP contribution in [0.4, 0.5) is 0 Å². The van der Waals surface area contributed by atoms with Gasteiger partial charge in [-0.2, -0.15) is 0 Å². The third-order valence-corrected chi connectivity index (χ3v) is 4.83. The molecule has 1 aliphatic rings. The number of allylic oxidation sites excluding steroid dienone is 1. The van der Waals surface area contributed by atoms with Crippen LogP contribution in [0, 0.1) is 13.8 Å². The second-order valence-electron chi connectivity index (χ2n) is 6.56. The standard InChI is InChI=1S/C20H26N2O2/c1-15-13-19(16(2)22(15)14-18-9-6-12-24-18)20(23)21-11-10-17-7-4-3-5-8-17/h6-7,9,12-13H,3-5,8,10-11,14H2,1-2H3,(H,21,23). The van der Waals surface area contributed by atoms with E-state index in [2.05, 4.69) is 16.0 Å². The highest BCUT2D eigenvalue weighted by atomic mass is 16.3. The van der Waals surface area contributed by atoms with Gasteiger partial charge in [0.1, 0.15) is 5.76 Å². The summed E-state index contributed by atoms with van der Waals surface area (Å²) in [6.07, 6.45) is 9.95. The second-order valence-corrected chi connectivity index (χ2v) is 6.56. The summed E-state index contributed by atoms with van der Waals surface area (Å²) in [6.45, 7) is 5.39. The van der Waals surface area contributed by atoms with Gasteiger partial charge in [-0.3, -0.25) is 4.79 Å². The Hall–Kier alpha value is -2.23. The lowest BCUT2D eigenvalue weighted by Gasteiger charge is -2.13. The summed E-state index contributed by atoms with van der Waals surface area (Å²) in [7, 11) is 0. The van der Waals surface area contributed by atoms with Crippen molar-refractivity contribution < 1.29 is 9.21 Å². The van der Waals surface area contributed by atoms with Crippen molar-refractivity contribution >= 4 is 5.91 Å². The van der Waals surface area contributed by atoms with Crippen molar-refractivity contribution in [2.45, 2.75) is 52.5 Å². The van der Waals surface area contributed by atoms with E-state index in [-0.39, 0.29) is 5.91 Å². The monoisotopic (exact) mass is 326 g/mol. The number of hydrogen-bond donors (Lipinski definition) is 1. The lowest BCUT2D eigenvalue weighted by atomic mass is 9.97. The minimum Gasteiger partial charge on any atom is -0.467 e. The zero-order valence-electron chi connectivity index (χ0n) is 14.6. The van der Waals surface area contributed by atoms with Gasteiger partial charge in [-0.05, 0) is 64.2 Å². The number of carbonyl (C=O) groups excluding carboxylic acids is 1. The molecule has 4 heteroatoms. The molecule has 0 atom stereocenters. The Labute approximate surface area is 143 Å². The lowest BCUT2D eigenvalue weighted by molar-refractivity contribution is 0.0953. The number of amides is 1. The molecular formula is C20H26N2O2. The average molecular weight is 326 g/mol. The fraction of sp³-hybridized carbons (Fsp3) is 0.450. The molecule has 2 aromatic heterocycles. The first-order valence-electron chi connectivity index (χ1n) is 8.80. The molecule has 128 valence electrons. The number of carbonyl (C=O) groups is 1. The van der Waals surface area contributed by atoms with Gasteiger partial charge in [0.15, 0.2) is 0 Å². The second kappa shape index (κ2) is 7.56. The molecule has 3 rings (SSSR count).